The molecule has 0 saturated carbocycles. The van der Waals surface area contributed by atoms with Gasteiger partial charge >= 0.3 is 0 Å². The van der Waals surface area contributed by atoms with Gasteiger partial charge in [0, 0.05) is 12.2 Å². The predicted octanol–water partition coefficient (Wildman–Crippen LogP) is 5.84. The van der Waals surface area contributed by atoms with Gasteiger partial charge in [-0.25, -0.2) is 0 Å². The Kier molecular flexibility index (Phi) is 8.07. The summed E-state index contributed by atoms with van der Waals surface area (Å²) in [6.07, 6.45) is 1.64. The second kappa shape index (κ2) is 11.4. The summed E-state index contributed by atoms with van der Waals surface area (Å²) < 4.78 is 1.75. The van der Waals surface area contributed by atoms with Crippen LogP contribution in [0.1, 0.15) is 5.82 Å². The van der Waals surface area contributed by atoms with Crippen molar-refractivity contribution in [1.29, 1.82) is 0 Å². The Morgan fingerprint density at radius 2 is 1.77 bits per heavy atom. The van der Waals surface area contributed by atoms with Crippen molar-refractivity contribution in [3.8, 4) is 0 Å². The number of hydrogen-bond donors (Lipinski definition) is 2. The third kappa shape index (κ3) is 6.22. The van der Waals surface area contributed by atoms with Gasteiger partial charge in [-0.3, -0.25) is 9.59 Å². The van der Waals surface area contributed by atoms with Gasteiger partial charge in [0.2, 0.25) is 11.8 Å². The van der Waals surface area contributed by atoms with Crippen LogP contribution in [-0.4, -0.2) is 32.3 Å². The summed E-state index contributed by atoms with van der Waals surface area (Å²) >= 11 is 13.4. The van der Waals surface area contributed by atoms with E-state index < -0.39 is 0 Å². The molecule has 0 atom stereocenters. The normalized spacial score (nSPS) is 10.8. The van der Waals surface area contributed by atoms with Gasteiger partial charge < -0.3 is 15.2 Å². The van der Waals surface area contributed by atoms with Crippen molar-refractivity contribution in [2.45, 2.75) is 18.1 Å². The van der Waals surface area contributed by atoms with E-state index in [4.69, 9.17) is 23.2 Å². The van der Waals surface area contributed by atoms with Gasteiger partial charge in [-0.2, -0.15) is 0 Å². The first kappa shape index (κ1) is 24.8. The second-order valence-electron chi connectivity index (χ2n) is 7.52. The lowest BCUT2D eigenvalue weighted by molar-refractivity contribution is -0.116. The molecule has 1 aromatic heterocycles. The van der Waals surface area contributed by atoms with Crippen molar-refractivity contribution < 1.29 is 9.59 Å². The number of aromatic nitrogens is 3. The molecule has 10 heteroatoms. The summed E-state index contributed by atoms with van der Waals surface area (Å²) in [6.45, 7) is 4.16. The summed E-state index contributed by atoms with van der Waals surface area (Å²) in [6, 6.07) is 18.7. The minimum absolute atomic E-state index is 0.0342. The summed E-state index contributed by atoms with van der Waals surface area (Å²) in [5, 5.41) is 17.2. The largest absolute Gasteiger partial charge is 0.325 e. The third-order valence-electron chi connectivity index (χ3n) is 5.02. The van der Waals surface area contributed by atoms with E-state index in [0.717, 1.165) is 16.5 Å². The lowest BCUT2D eigenvalue weighted by Crippen LogP contribution is -2.18. The van der Waals surface area contributed by atoms with Crippen molar-refractivity contribution in [3.63, 3.8) is 0 Å². The van der Waals surface area contributed by atoms with Crippen LogP contribution >= 0.6 is 35.0 Å². The number of nitrogens with zero attached hydrogens (tertiary/aromatic N) is 3. The van der Waals surface area contributed by atoms with E-state index in [9.17, 15) is 9.59 Å². The minimum Gasteiger partial charge on any atom is -0.325 e. The molecule has 7 nitrogen and oxygen atoms in total. The number of rotatable bonds is 9. The van der Waals surface area contributed by atoms with Crippen molar-refractivity contribution in [2.75, 3.05) is 16.4 Å². The molecule has 0 radical (unpaired) electrons. The van der Waals surface area contributed by atoms with Crippen molar-refractivity contribution in [1.82, 2.24) is 14.8 Å². The molecule has 4 aromatic rings. The molecular weight excluding hydrogens is 505 g/mol. The van der Waals surface area contributed by atoms with Crippen LogP contribution in [0, 0.1) is 0 Å². The number of anilines is 2. The fraction of sp³-hybridized carbons (Fsp3) is 0.120. The lowest BCUT2D eigenvalue weighted by Gasteiger charge is -2.10. The number of nitrogens with one attached hydrogen (secondary N) is 2. The van der Waals surface area contributed by atoms with E-state index in [1.165, 1.54) is 11.8 Å². The Labute approximate surface area is 216 Å². The molecule has 0 bridgehead atoms. The zero-order chi connectivity index (χ0) is 24.8. The highest BCUT2D eigenvalue weighted by molar-refractivity contribution is 7.99. The zero-order valence-corrected chi connectivity index (χ0v) is 20.8. The number of carbonyl (C=O) groups excluding carboxylic acids is 2. The standard InChI is InChI=1S/C25H21Cl2N5O2S/c1-2-12-32-21(14-22(33)29-20-9-5-8-19(26)24(20)27)30-31-25(32)35-15-23(34)28-18-11-10-16-6-3-4-7-17(16)13-18/h2-11,13H,1,12,14-15H2,(H,28,34)(H,29,33). The Hall–Kier alpha value is -3.33. The second-order valence-corrected chi connectivity index (χ2v) is 9.25. The maximum Gasteiger partial charge on any atom is 0.234 e. The topological polar surface area (TPSA) is 88.9 Å². The van der Waals surface area contributed by atoms with E-state index in [1.807, 2.05) is 42.5 Å². The molecule has 0 fully saturated rings. The van der Waals surface area contributed by atoms with Crippen LogP contribution in [0.5, 0.6) is 0 Å². The number of amides is 2. The van der Waals surface area contributed by atoms with E-state index in [-0.39, 0.29) is 29.0 Å². The van der Waals surface area contributed by atoms with Crippen LogP contribution in [0.15, 0.2) is 78.5 Å². The van der Waals surface area contributed by atoms with Crippen LogP contribution in [0.4, 0.5) is 11.4 Å². The molecule has 2 amide bonds. The Bertz CT molecular complexity index is 1410. The summed E-state index contributed by atoms with van der Waals surface area (Å²) in [7, 11) is 0. The molecule has 4 rings (SSSR count). The van der Waals surface area contributed by atoms with Crippen LogP contribution in [0.3, 0.4) is 0 Å². The first-order chi connectivity index (χ1) is 16.9. The van der Waals surface area contributed by atoms with E-state index >= 15 is 0 Å². The van der Waals surface area contributed by atoms with Gasteiger partial charge in [0.25, 0.3) is 0 Å². The van der Waals surface area contributed by atoms with E-state index in [0.29, 0.717) is 28.2 Å². The molecule has 0 unspecified atom stereocenters. The number of fused-ring (bicyclic) bond motifs is 1. The average Bonchev–Trinajstić information content (AvgIpc) is 3.21. The predicted molar refractivity (Wildman–Crippen MR) is 142 cm³/mol. The third-order valence-corrected chi connectivity index (χ3v) is 6.80. The maximum atomic E-state index is 12.6. The highest BCUT2D eigenvalue weighted by atomic mass is 35.5. The molecule has 178 valence electrons. The van der Waals surface area contributed by atoms with Gasteiger partial charge in [-0.15, -0.1) is 16.8 Å². The highest BCUT2D eigenvalue weighted by Crippen LogP contribution is 2.29. The number of carbonyl (C=O) groups is 2. The van der Waals surface area contributed by atoms with Crippen LogP contribution < -0.4 is 10.6 Å². The Balaban J connectivity index is 1.39. The Morgan fingerprint density at radius 3 is 2.57 bits per heavy atom. The summed E-state index contributed by atoms with van der Waals surface area (Å²) in [5.74, 6) is 0.0793. The van der Waals surface area contributed by atoms with Crippen molar-refractivity contribution in [2.24, 2.45) is 0 Å². The quantitative estimate of drug-likeness (QED) is 0.212. The smallest absolute Gasteiger partial charge is 0.234 e. The van der Waals surface area contributed by atoms with E-state index in [1.54, 1.807) is 28.8 Å². The summed E-state index contributed by atoms with van der Waals surface area (Å²) in [4.78, 5) is 25.1. The first-order valence-electron chi connectivity index (χ1n) is 10.6. The number of hydrogen-bond acceptors (Lipinski definition) is 5. The Morgan fingerprint density at radius 1 is 0.971 bits per heavy atom. The minimum atomic E-state index is -0.322. The molecule has 0 spiro atoms. The maximum absolute atomic E-state index is 12.6. The van der Waals surface area contributed by atoms with Gasteiger partial charge in [0.05, 0.1) is 27.9 Å². The van der Waals surface area contributed by atoms with Gasteiger partial charge in [-0.05, 0) is 35.0 Å². The lowest BCUT2D eigenvalue weighted by atomic mass is 10.1. The molecule has 0 aliphatic heterocycles. The molecule has 0 saturated heterocycles. The number of allylic oxidation sites excluding steroid dienone is 1. The summed E-state index contributed by atoms with van der Waals surface area (Å²) in [5.41, 5.74) is 1.14. The molecular formula is C25H21Cl2N5O2S. The van der Waals surface area contributed by atoms with Gasteiger partial charge in [0.15, 0.2) is 5.16 Å². The molecule has 0 aliphatic rings. The zero-order valence-electron chi connectivity index (χ0n) is 18.5. The van der Waals surface area contributed by atoms with Crippen molar-refractivity contribution >= 4 is 68.9 Å². The molecule has 2 N–H and O–H groups in total. The number of halogens is 2. The highest BCUT2D eigenvalue weighted by Gasteiger charge is 2.17. The van der Waals surface area contributed by atoms with Gasteiger partial charge in [-0.1, -0.05) is 77.4 Å². The van der Waals surface area contributed by atoms with Crippen LogP contribution in [0.2, 0.25) is 10.0 Å². The molecule has 3 aromatic carbocycles. The first-order valence-corrected chi connectivity index (χ1v) is 12.4. The fourth-order valence-electron chi connectivity index (χ4n) is 3.40. The molecule has 0 aliphatic carbocycles. The molecule has 35 heavy (non-hydrogen) atoms. The number of benzene rings is 3. The van der Waals surface area contributed by atoms with Crippen LogP contribution in [0.25, 0.3) is 10.8 Å². The van der Waals surface area contributed by atoms with Crippen LogP contribution in [-0.2, 0) is 22.6 Å². The fourth-order valence-corrected chi connectivity index (χ4v) is 4.52. The van der Waals surface area contributed by atoms with Gasteiger partial charge in [0.1, 0.15) is 5.82 Å². The van der Waals surface area contributed by atoms with E-state index in [2.05, 4.69) is 27.4 Å². The monoisotopic (exact) mass is 525 g/mol. The SMILES string of the molecule is C=CCn1c(CC(=O)Nc2cccc(Cl)c2Cl)nnc1SCC(=O)Nc1ccc2ccccc2c1. The average molecular weight is 526 g/mol. The molecule has 1 heterocycles. The van der Waals surface area contributed by atoms with Crippen molar-refractivity contribution in [3.05, 3.63) is 89.2 Å². The number of thioether (sulfide) groups is 1.